The van der Waals surface area contributed by atoms with E-state index in [1.807, 2.05) is 18.2 Å². The average Bonchev–Trinajstić information content (AvgIpc) is 2.57. The van der Waals surface area contributed by atoms with Gasteiger partial charge in [0.2, 0.25) is 0 Å². The van der Waals surface area contributed by atoms with Gasteiger partial charge in [-0.2, -0.15) is 0 Å². The minimum absolute atomic E-state index is 0. The van der Waals surface area contributed by atoms with E-state index in [0.29, 0.717) is 5.56 Å². The third-order valence-electron chi connectivity index (χ3n) is 4.08. The molecular formula is C23H23FIrNO2-. The van der Waals surface area contributed by atoms with Crippen LogP contribution in [0.3, 0.4) is 0 Å². The monoisotopic (exact) mass is 557 g/mol. The summed E-state index contributed by atoms with van der Waals surface area (Å²) in [6, 6.07) is 14.5. The molecule has 3 nitrogen and oxygen atoms in total. The van der Waals surface area contributed by atoms with Crippen molar-refractivity contribution in [3.8, 4) is 11.3 Å². The fourth-order valence-corrected chi connectivity index (χ4v) is 2.51. The molecule has 1 aromatic heterocycles. The summed E-state index contributed by atoms with van der Waals surface area (Å²) in [7, 11) is 0. The normalized spacial score (nSPS) is 10.7. The predicted molar refractivity (Wildman–Crippen MR) is 107 cm³/mol. The molecule has 2 aromatic carbocycles. The molecule has 3 rings (SSSR count). The Kier molecular flexibility index (Phi) is 8.67. The van der Waals surface area contributed by atoms with Crippen LogP contribution in [-0.4, -0.2) is 15.9 Å². The smallest absolute Gasteiger partial charge is 0.155 e. The number of benzene rings is 2. The number of hydrogen-bond donors (Lipinski definition) is 1. The summed E-state index contributed by atoms with van der Waals surface area (Å²) in [6.45, 7) is 8.75. The third-order valence-corrected chi connectivity index (χ3v) is 4.08. The van der Waals surface area contributed by atoms with Crippen LogP contribution in [0.2, 0.25) is 0 Å². The SMILES string of the molecule is CC(=O)/C=C(/C)O.Cc1c[c-]c(-c2ccc3cc(F)c(C)cc3n2)cc1C.[Ir]. The molecule has 0 aliphatic heterocycles. The number of fused-ring (bicyclic) bond motifs is 1. The van der Waals surface area contributed by atoms with E-state index < -0.39 is 0 Å². The van der Waals surface area contributed by atoms with Gasteiger partial charge in [0.15, 0.2) is 5.78 Å². The Morgan fingerprint density at radius 1 is 1.07 bits per heavy atom. The molecular weight excluding hydrogens is 533 g/mol. The van der Waals surface area contributed by atoms with Crippen LogP contribution in [0, 0.1) is 32.7 Å². The van der Waals surface area contributed by atoms with Gasteiger partial charge < -0.3 is 5.11 Å². The molecule has 0 saturated heterocycles. The van der Waals surface area contributed by atoms with Gasteiger partial charge in [0.25, 0.3) is 0 Å². The molecule has 1 heterocycles. The van der Waals surface area contributed by atoms with Gasteiger partial charge in [-0.05, 0) is 44.2 Å². The van der Waals surface area contributed by atoms with Crippen LogP contribution in [0.5, 0.6) is 0 Å². The number of ketones is 1. The van der Waals surface area contributed by atoms with Crippen molar-refractivity contribution in [2.75, 3.05) is 0 Å². The molecule has 28 heavy (non-hydrogen) atoms. The van der Waals surface area contributed by atoms with E-state index in [4.69, 9.17) is 5.11 Å². The molecule has 0 unspecified atom stereocenters. The quantitative estimate of drug-likeness (QED) is 0.247. The van der Waals surface area contributed by atoms with Gasteiger partial charge in [0.05, 0.1) is 11.3 Å². The maximum atomic E-state index is 13.5. The summed E-state index contributed by atoms with van der Waals surface area (Å²) in [5.41, 5.74) is 5.70. The number of halogens is 1. The molecule has 0 fully saturated rings. The number of aryl methyl sites for hydroxylation is 3. The predicted octanol–water partition coefficient (Wildman–Crippen LogP) is 5.80. The van der Waals surface area contributed by atoms with Crippen LogP contribution >= 0.6 is 0 Å². The molecule has 0 bridgehead atoms. The number of hydrogen-bond acceptors (Lipinski definition) is 3. The molecule has 1 N–H and O–H groups in total. The summed E-state index contributed by atoms with van der Waals surface area (Å²) in [5.74, 6) is -0.253. The second-order valence-electron chi connectivity index (χ2n) is 6.60. The summed E-state index contributed by atoms with van der Waals surface area (Å²) in [5, 5.41) is 9.18. The molecule has 0 saturated carbocycles. The first-order valence-electron chi connectivity index (χ1n) is 8.61. The van der Waals surface area contributed by atoms with Crippen molar-refractivity contribution >= 4 is 16.7 Å². The summed E-state index contributed by atoms with van der Waals surface area (Å²) in [4.78, 5) is 14.6. The van der Waals surface area contributed by atoms with Crippen LogP contribution in [-0.2, 0) is 24.9 Å². The zero-order chi connectivity index (χ0) is 20.1. The molecule has 0 spiro atoms. The van der Waals surface area contributed by atoms with E-state index in [2.05, 4.69) is 31.0 Å². The van der Waals surface area contributed by atoms with Crippen molar-refractivity contribution in [2.24, 2.45) is 0 Å². The Hall–Kier alpha value is -2.36. The molecule has 0 atom stereocenters. The van der Waals surface area contributed by atoms with Crippen LogP contribution < -0.4 is 0 Å². The molecule has 149 valence electrons. The average molecular weight is 557 g/mol. The maximum Gasteiger partial charge on any atom is 0.155 e. The number of aliphatic hydroxyl groups is 1. The molecule has 3 aromatic rings. The molecule has 1 radical (unpaired) electrons. The van der Waals surface area contributed by atoms with Gasteiger partial charge in [-0.3, -0.25) is 9.78 Å². The number of rotatable bonds is 2. The molecule has 0 aliphatic carbocycles. The van der Waals surface area contributed by atoms with Crippen molar-refractivity contribution < 1.29 is 34.4 Å². The van der Waals surface area contributed by atoms with Gasteiger partial charge in [0.1, 0.15) is 5.82 Å². The van der Waals surface area contributed by atoms with Crippen molar-refractivity contribution in [3.05, 3.63) is 76.8 Å². The minimum atomic E-state index is -0.190. The molecule has 0 aliphatic rings. The number of aromatic nitrogens is 1. The summed E-state index contributed by atoms with van der Waals surface area (Å²) >= 11 is 0. The largest absolute Gasteiger partial charge is 0.512 e. The van der Waals surface area contributed by atoms with E-state index in [1.54, 1.807) is 13.0 Å². The van der Waals surface area contributed by atoms with Gasteiger partial charge in [-0.1, -0.05) is 26.0 Å². The van der Waals surface area contributed by atoms with Crippen LogP contribution in [0.25, 0.3) is 22.2 Å². The third kappa shape index (κ3) is 6.36. The minimum Gasteiger partial charge on any atom is -0.512 e. The standard InChI is InChI=1S/C18H15FN.C5H8O2.Ir/c1-11-4-5-14(8-12(11)2)17-7-6-15-10-16(19)13(3)9-18(15)20-17;1-4(6)3-5(2)7;/h4,6-10H,1-3H3;3,6H,1-2H3;/q-1;;/b;4-3-;. The zero-order valence-electron chi connectivity index (χ0n) is 16.6. The van der Waals surface area contributed by atoms with Gasteiger partial charge in [-0.15, -0.1) is 34.9 Å². The number of carbonyl (C=O) groups is 1. The van der Waals surface area contributed by atoms with Crippen molar-refractivity contribution in [3.63, 3.8) is 0 Å². The number of allylic oxidation sites excluding steroid dienone is 2. The van der Waals surface area contributed by atoms with Crippen LogP contribution in [0.15, 0.2) is 48.2 Å². The van der Waals surface area contributed by atoms with Gasteiger partial charge in [-0.25, -0.2) is 4.39 Å². The van der Waals surface area contributed by atoms with Crippen molar-refractivity contribution in [1.29, 1.82) is 0 Å². The number of nitrogens with zero attached hydrogens (tertiary/aromatic N) is 1. The van der Waals surface area contributed by atoms with E-state index >= 15 is 0 Å². The van der Waals surface area contributed by atoms with Crippen LogP contribution in [0.4, 0.5) is 4.39 Å². The second kappa shape index (κ2) is 10.3. The number of carbonyl (C=O) groups excluding carboxylic acids is 1. The van der Waals surface area contributed by atoms with Gasteiger partial charge in [0, 0.05) is 31.6 Å². The number of pyridine rings is 1. The first-order valence-corrected chi connectivity index (χ1v) is 8.61. The van der Waals surface area contributed by atoms with Crippen molar-refractivity contribution in [2.45, 2.75) is 34.6 Å². The fourth-order valence-electron chi connectivity index (χ4n) is 2.51. The fraction of sp³-hybridized carbons (Fsp3) is 0.217. The first-order chi connectivity index (χ1) is 12.7. The first kappa shape index (κ1) is 23.7. The Morgan fingerprint density at radius 3 is 2.29 bits per heavy atom. The Balaban J connectivity index is 0.000000425. The van der Waals surface area contributed by atoms with Gasteiger partial charge >= 0.3 is 0 Å². The Labute approximate surface area is 178 Å². The number of aliphatic hydroxyl groups excluding tert-OH is 1. The summed E-state index contributed by atoms with van der Waals surface area (Å²) in [6.07, 6.45) is 1.17. The Morgan fingerprint density at radius 2 is 1.75 bits per heavy atom. The topological polar surface area (TPSA) is 50.2 Å². The summed E-state index contributed by atoms with van der Waals surface area (Å²) < 4.78 is 13.5. The Bertz CT molecular complexity index is 1020. The second-order valence-corrected chi connectivity index (χ2v) is 6.60. The van der Waals surface area contributed by atoms with E-state index in [0.717, 1.165) is 22.2 Å². The van der Waals surface area contributed by atoms with E-state index in [1.165, 1.54) is 37.1 Å². The zero-order valence-corrected chi connectivity index (χ0v) is 19.0. The maximum absolute atomic E-state index is 13.5. The molecule has 5 heteroatoms. The van der Waals surface area contributed by atoms with Crippen LogP contribution in [0.1, 0.15) is 30.5 Å². The van der Waals surface area contributed by atoms with Crippen molar-refractivity contribution in [1.82, 2.24) is 4.98 Å². The van der Waals surface area contributed by atoms with E-state index in [9.17, 15) is 9.18 Å². The molecule has 0 amide bonds. The van der Waals surface area contributed by atoms with E-state index in [-0.39, 0.29) is 37.5 Å².